The third kappa shape index (κ3) is 4.29. The fourth-order valence-electron chi connectivity index (χ4n) is 3.14. The van der Waals surface area contributed by atoms with Crippen LogP contribution in [0.3, 0.4) is 0 Å². The number of nitro benzene ring substituents is 1. The number of carbonyl (C=O) groups excluding carboxylic acids is 1. The van der Waals surface area contributed by atoms with Gasteiger partial charge in [-0.15, -0.1) is 0 Å². The van der Waals surface area contributed by atoms with E-state index in [9.17, 15) is 14.9 Å². The molecule has 0 saturated heterocycles. The average molecular weight is 395 g/mol. The number of nitro groups is 1. The highest BCUT2D eigenvalue weighted by Gasteiger charge is 2.19. The van der Waals surface area contributed by atoms with Gasteiger partial charge >= 0.3 is 5.97 Å². The van der Waals surface area contributed by atoms with Crippen molar-refractivity contribution < 1.29 is 14.5 Å². The Morgan fingerprint density at radius 3 is 2.34 bits per heavy atom. The van der Waals surface area contributed by atoms with Crippen molar-refractivity contribution in [3.05, 3.63) is 68.3 Å². The molecule has 2 aromatic heterocycles. The highest BCUT2D eigenvalue weighted by molar-refractivity contribution is 5.76. The number of hydrogen-bond donors (Lipinski definition) is 0. The molecular weight excluding hydrogens is 374 g/mol. The van der Waals surface area contributed by atoms with Crippen LogP contribution in [0.2, 0.25) is 0 Å². The van der Waals surface area contributed by atoms with Crippen LogP contribution in [0.25, 0.3) is 5.95 Å². The van der Waals surface area contributed by atoms with E-state index >= 15 is 0 Å². The Hall–Kier alpha value is -3.62. The lowest BCUT2D eigenvalue weighted by atomic mass is 10.1. The molecular formula is C20H21N5O4. The number of nitrogens with zero attached hydrogens (tertiary/aromatic N) is 5. The molecule has 0 atom stereocenters. The van der Waals surface area contributed by atoms with Gasteiger partial charge in [0.2, 0.25) is 0 Å². The Labute approximate surface area is 167 Å². The van der Waals surface area contributed by atoms with E-state index in [1.807, 2.05) is 33.8 Å². The molecule has 0 saturated carbocycles. The van der Waals surface area contributed by atoms with Crippen LogP contribution in [0, 0.1) is 44.7 Å². The zero-order valence-electron chi connectivity index (χ0n) is 16.9. The maximum absolute atomic E-state index is 12.4. The van der Waals surface area contributed by atoms with Crippen molar-refractivity contribution in [1.29, 1.82) is 0 Å². The van der Waals surface area contributed by atoms with Crippen LogP contribution >= 0.6 is 0 Å². The van der Waals surface area contributed by atoms with Gasteiger partial charge < -0.3 is 4.74 Å². The summed E-state index contributed by atoms with van der Waals surface area (Å²) >= 11 is 0. The third-order valence-corrected chi connectivity index (χ3v) is 4.52. The summed E-state index contributed by atoms with van der Waals surface area (Å²) in [6.07, 6.45) is 0.0124. The summed E-state index contributed by atoms with van der Waals surface area (Å²) in [4.78, 5) is 31.7. The van der Waals surface area contributed by atoms with Crippen molar-refractivity contribution in [2.45, 2.75) is 41.0 Å². The molecule has 0 unspecified atom stereocenters. The molecule has 1 aromatic carbocycles. The van der Waals surface area contributed by atoms with E-state index in [2.05, 4.69) is 15.1 Å². The number of aromatic nitrogens is 4. The Balaban J connectivity index is 1.82. The van der Waals surface area contributed by atoms with E-state index in [4.69, 9.17) is 4.74 Å². The average Bonchev–Trinajstić information content (AvgIpc) is 2.89. The van der Waals surface area contributed by atoms with Crippen molar-refractivity contribution in [3.63, 3.8) is 0 Å². The van der Waals surface area contributed by atoms with E-state index in [1.165, 1.54) is 18.2 Å². The van der Waals surface area contributed by atoms with E-state index in [1.54, 1.807) is 11.6 Å². The minimum absolute atomic E-state index is 0.0124. The summed E-state index contributed by atoms with van der Waals surface area (Å²) in [6, 6.07) is 6.08. The number of benzene rings is 1. The van der Waals surface area contributed by atoms with Gasteiger partial charge in [0, 0.05) is 34.3 Å². The van der Waals surface area contributed by atoms with Crippen molar-refractivity contribution in [2.75, 3.05) is 0 Å². The molecule has 3 aromatic rings. The summed E-state index contributed by atoms with van der Waals surface area (Å²) in [5.41, 5.74) is 4.23. The Morgan fingerprint density at radius 2 is 1.76 bits per heavy atom. The largest absolute Gasteiger partial charge is 0.426 e. The SMILES string of the molecule is Cc1cc(C)nc(-n2nc(C)c(CC(=O)Oc3ccc([N+](=O)[O-])c(C)c3)c2C)n1. The number of carbonyl (C=O) groups is 1. The van der Waals surface area contributed by atoms with Crippen molar-refractivity contribution in [3.8, 4) is 11.7 Å². The molecule has 0 radical (unpaired) electrons. The third-order valence-electron chi connectivity index (χ3n) is 4.52. The van der Waals surface area contributed by atoms with Gasteiger partial charge in [-0.2, -0.15) is 5.10 Å². The minimum atomic E-state index is -0.481. The van der Waals surface area contributed by atoms with Crippen LogP contribution < -0.4 is 4.74 Å². The van der Waals surface area contributed by atoms with Crippen LogP contribution in [0.4, 0.5) is 5.69 Å². The quantitative estimate of drug-likeness (QED) is 0.282. The second-order valence-electron chi connectivity index (χ2n) is 6.87. The van der Waals surface area contributed by atoms with E-state index in [-0.39, 0.29) is 17.9 Å². The van der Waals surface area contributed by atoms with Gasteiger partial charge in [0.15, 0.2) is 0 Å². The molecule has 0 N–H and O–H groups in total. The van der Waals surface area contributed by atoms with Crippen LogP contribution in [0.1, 0.15) is 33.9 Å². The first kappa shape index (κ1) is 20.1. The topological polar surface area (TPSA) is 113 Å². The van der Waals surface area contributed by atoms with Gasteiger partial charge in [-0.1, -0.05) is 0 Å². The first-order chi connectivity index (χ1) is 13.7. The molecule has 3 rings (SSSR count). The lowest BCUT2D eigenvalue weighted by molar-refractivity contribution is -0.385. The molecule has 0 amide bonds. The fourth-order valence-corrected chi connectivity index (χ4v) is 3.14. The number of rotatable bonds is 5. The first-order valence-corrected chi connectivity index (χ1v) is 8.99. The first-order valence-electron chi connectivity index (χ1n) is 8.99. The summed E-state index contributed by atoms with van der Waals surface area (Å²) in [5, 5.41) is 15.4. The predicted octanol–water partition coefficient (Wildman–Crippen LogP) is 3.26. The summed E-state index contributed by atoms with van der Waals surface area (Å²) in [7, 11) is 0. The predicted molar refractivity (Wildman–Crippen MR) is 105 cm³/mol. The van der Waals surface area contributed by atoms with Crippen LogP contribution in [0.15, 0.2) is 24.3 Å². The van der Waals surface area contributed by atoms with E-state index in [0.29, 0.717) is 17.2 Å². The highest BCUT2D eigenvalue weighted by Crippen LogP contribution is 2.24. The second-order valence-corrected chi connectivity index (χ2v) is 6.87. The number of ether oxygens (including phenoxy) is 1. The Morgan fingerprint density at radius 1 is 1.10 bits per heavy atom. The van der Waals surface area contributed by atoms with Gasteiger partial charge in [0.05, 0.1) is 17.0 Å². The molecule has 0 aliphatic carbocycles. The minimum Gasteiger partial charge on any atom is -0.426 e. The molecule has 0 aliphatic rings. The molecule has 0 fully saturated rings. The van der Waals surface area contributed by atoms with Crippen LogP contribution in [0.5, 0.6) is 5.75 Å². The molecule has 29 heavy (non-hydrogen) atoms. The smallest absolute Gasteiger partial charge is 0.315 e. The van der Waals surface area contributed by atoms with Crippen molar-refractivity contribution in [1.82, 2.24) is 19.7 Å². The van der Waals surface area contributed by atoms with Crippen LogP contribution in [-0.4, -0.2) is 30.6 Å². The standard InChI is InChI=1S/C20H21N5O4/c1-11-8-16(6-7-18(11)25(27)28)29-19(26)10-17-14(4)23-24(15(17)5)20-21-12(2)9-13(3)22-20/h6-9H,10H2,1-5H3. The summed E-state index contributed by atoms with van der Waals surface area (Å²) < 4.78 is 6.99. The zero-order chi connectivity index (χ0) is 21.3. The van der Waals surface area contributed by atoms with Crippen LogP contribution in [-0.2, 0) is 11.2 Å². The van der Waals surface area contributed by atoms with Gasteiger partial charge in [-0.25, -0.2) is 14.6 Å². The lowest BCUT2D eigenvalue weighted by Gasteiger charge is -2.07. The van der Waals surface area contributed by atoms with Crippen molar-refractivity contribution >= 4 is 11.7 Å². The second kappa shape index (κ2) is 7.78. The molecule has 0 spiro atoms. The Kier molecular flexibility index (Phi) is 5.40. The molecule has 9 nitrogen and oxygen atoms in total. The van der Waals surface area contributed by atoms with E-state index in [0.717, 1.165) is 22.6 Å². The Bertz CT molecular complexity index is 1100. The summed E-state index contributed by atoms with van der Waals surface area (Å²) in [5.74, 6) is 0.234. The maximum atomic E-state index is 12.4. The maximum Gasteiger partial charge on any atom is 0.315 e. The van der Waals surface area contributed by atoms with E-state index < -0.39 is 10.9 Å². The highest BCUT2D eigenvalue weighted by atomic mass is 16.6. The molecule has 0 bridgehead atoms. The monoisotopic (exact) mass is 395 g/mol. The number of aryl methyl sites for hydroxylation is 4. The number of hydrogen-bond acceptors (Lipinski definition) is 7. The molecule has 9 heteroatoms. The normalized spacial score (nSPS) is 10.8. The zero-order valence-corrected chi connectivity index (χ0v) is 16.9. The van der Waals surface area contributed by atoms with Gasteiger partial charge in [-0.05, 0) is 52.8 Å². The fraction of sp³-hybridized carbons (Fsp3) is 0.300. The molecule has 150 valence electrons. The van der Waals surface area contributed by atoms with Gasteiger partial charge in [0.1, 0.15) is 5.75 Å². The molecule has 2 heterocycles. The summed E-state index contributed by atoms with van der Waals surface area (Å²) in [6.45, 7) is 9.02. The molecule has 0 aliphatic heterocycles. The lowest BCUT2D eigenvalue weighted by Crippen LogP contribution is -2.13. The van der Waals surface area contributed by atoms with Crippen molar-refractivity contribution in [2.24, 2.45) is 0 Å². The van der Waals surface area contributed by atoms with Gasteiger partial charge in [0.25, 0.3) is 11.6 Å². The number of esters is 1. The van der Waals surface area contributed by atoms with Gasteiger partial charge in [-0.3, -0.25) is 14.9 Å².